The Labute approximate surface area is 185 Å². The highest BCUT2D eigenvalue weighted by molar-refractivity contribution is 7.19. The summed E-state index contributed by atoms with van der Waals surface area (Å²) in [4.78, 5) is 0. The topological polar surface area (TPSA) is 12.2 Å². The Morgan fingerprint density at radius 2 is 0.871 bits per heavy atom. The second-order valence-corrected chi connectivity index (χ2v) is 7.97. The van der Waals surface area contributed by atoms with Gasteiger partial charge in [0.05, 0.1) is 0 Å². The Morgan fingerprint density at radius 3 is 1.06 bits per heavy atom. The van der Waals surface area contributed by atoms with Crippen LogP contribution < -0.4 is 21.9 Å². The molecular weight excluding hydrogens is 377 g/mol. The van der Waals surface area contributed by atoms with Gasteiger partial charge < -0.3 is 4.74 Å². The summed E-state index contributed by atoms with van der Waals surface area (Å²) < 4.78 is 6.87. The van der Waals surface area contributed by atoms with Crippen LogP contribution in [0.5, 0.6) is 0 Å². The van der Waals surface area contributed by atoms with E-state index in [0.29, 0.717) is 0 Å². The molecule has 2 nitrogen and oxygen atoms in total. The molecule has 0 bridgehead atoms. The average molecular weight is 405 g/mol. The van der Waals surface area contributed by atoms with Gasteiger partial charge in [0.1, 0.15) is 13.2 Å². The van der Waals surface area contributed by atoms with Gasteiger partial charge in [0.2, 0.25) is 0 Å². The molecule has 0 fully saturated rings. The first-order valence-electron chi connectivity index (χ1n) is 10.8. The zero-order valence-corrected chi connectivity index (χ0v) is 18.0. The summed E-state index contributed by atoms with van der Waals surface area (Å²) in [7, 11) is 1.99. The van der Waals surface area contributed by atoms with E-state index >= 15 is 0 Å². The fourth-order valence-corrected chi connectivity index (χ4v) is 4.55. The zero-order chi connectivity index (χ0) is 21.4. The number of nitrogens with zero attached hydrogens (tertiary/aromatic N) is 1. The Hall–Kier alpha value is -3.59. The van der Waals surface area contributed by atoms with Gasteiger partial charge in [-0.3, -0.25) is 0 Å². The molecule has 1 aliphatic rings. The van der Waals surface area contributed by atoms with Gasteiger partial charge in [-0.05, 0) is 0 Å². The Balaban J connectivity index is 0.000000334. The van der Waals surface area contributed by atoms with Crippen LogP contribution in [0, 0.1) is 0 Å². The van der Waals surface area contributed by atoms with Crippen molar-refractivity contribution in [3.05, 3.63) is 121 Å². The van der Waals surface area contributed by atoms with Crippen LogP contribution >= 0.6 is 0 Å². The number of likely N-dealkylation sites (N-methyl/N-ethyl adjacent to an activating group) is 1. The number of ether oxygens (including phenoxy) is 1. The Bertz CT molecular complexity index is 933. The summed E-state index contributed by atoms with van der Waals surface area (Å²) in [6.07, 6.45) is 0.521. The minimum absolute atomic E-state index is 0.858. The average Bonchev–Trinajstić information content (AvgIpc) is 3.34. The zero-order valence-electron chi connectivity index (χ0n) is 18.0. The maximum Gasteiger partial charge on any atom is 0.323 e. The van der Waals surface area contributed by atoms with Crippen molar-refractivity contribution >= 4 is 34.4 Å². The number of hydrogen-bond acceptors (Lipinski definition) is 1. The first-order chi connectivity index (χ1) is 15.3. The molecule has 4 aromatic carbocycles. The lowest BCUT2D eigenvalue weighted by Gasteiger charge is -2.44. The fourth-order valence-electron chi connectivity index (χ4n) is 4.55. The van der Waals surface area contributed by atoms with Crippen LogP contribution in [0.4, 0.5) is 0 Å². The maximum absolute atomic E-state index is 4.86. The van der Waals surface area contributed by atoms with Crippen LogP contribution in [0.15, 0.2) is 121 Å². The van der Waals surface area contributed by atoms with Crippen molar-refractivity contribution in [2.24, 2.45) is 0 Å². The Morgan fingerprint density at radius 1 is 0.548 bits per heavy atom. The van der Waals surface area contributed by atoms with Crippen LogP contribution in [0.1, 0.15) is 0 Å². The molecule has 1 aliphatic heterocycles. The molecule has 0 unspecified atom stereocenters. The van der Waals surface area contributed by atoms with Crippen LogP contribution in [0.3, 0.4) is 0 Å². The van der Waals surface area contributed by atoms with Crippen molar-refractivity contribution in [3.63, 3.8) is 0 Å². The van der Waals surface area contributed by atoms with Gasteiger partial charge in [-0.25, -0.2) is 4.58 Å². The standard InChI is InChI=1S/C24H20B.C4H8NO/c1-5-13-21(14-6-1)25(22-15-7-2-8-16-22,23-17-9-3-10-18-23)24-19-11-4-12-20-24;1-5-2-3-6-4-5/h1-20H;4H,2-3H2,1H3/q-1;+1. The molecule has 0 amide bonds. The molecule has 0 atom stereocenters. The van der Waals surface area contributed by atoms with Gasteiger partial charge in [0, 0.05) is 0 Å². The van der Waals surface area contributed by atoms with E-state index in [1.165, 1.54) is 21.9 Å². The van der Waals surface area contributed by atoms with Gasteiger partial charge in [-0.1, -0.05) is 121 Å². The molecule has 0 radical (unpaired) electrons. The van der Waals surface area contributed by atoms with E-state index in [2.05, 4.69) is 121 Å². The quantitative estimate of drug-likeness (QED) is 0.376. The molecule has 0 aromatic heterocycles. The largest absolute Gasteiger partial charge is 0.444 e. The van der Waals surface area contributed by atoms with E-state index in [9.17, 15) is 0 Å². The molecule has 0 saturated carbocycles. The third-order valence-electron chi connectivity index (χ3n) is 6.01. The van der Waals surface area contributed by atoms with Crippen molar-refractivity contribution in [2.45, 2.75) is 0 Å². The minimum Gasteiger partial charge on any atom is -0.444 e. The number of rotatable bonds is 4. The van der Waals surface area contributed by atoms with Crippen LogP contribution in [-0.4, -0.2) is 37.3 Å². The van der Waals surface area contributed by atoms with Crippen molar-refractivity contribution in [1.29, 1.82) is 0 Å². The van der Waals surface area contributed by atoms with Crippen molar-refractivity contribution in [1.82, 2.24) is 0 Å². The van der Waals surface area contributed by atoms with E-state index in [4.69, 9.17) is 4.74 Å². The lowest BCUT2D eigenvalue weighted by atomic mass is 9.13. The second-order valence-electron chi connectivity index (χ2n) is 7.97. The van der Waals surface area contributed by atoms with Gasteiger partial charge in [-0.15, -0.1) is 0 Å². The normalized spacial score (nSPS) is 12.9. The molecule has 154 valence electrons. The summed E-state index contributed by atoms with van der Waals surface area (Å²) in [5.41, 5.74) is 5.36. The van der Waals surface area contributed by atoms with Crippen LogP contribution in [0.2, 0.25) is 0 Å². The molecule has 0 spiro atoms. The summed E-state index contributed by atoms with van der Waals surface area (Å²) in [5.74, 6) is 0. The number of benzene rings is 4. The predicted molar refractivity (Wildman–Crippen MR) is 133 cm³/mol. The third-order valence-corrected chi connectivity index (χ3v) is 6.01. The van der Waals surface area contributed by atoms with Gasteiger partial charge in [0.15, 0.2) is 13.2 Å². The first kappa shape index (κ1) is 20.7. The van der Waals surface area contributed by atoms with Gasteiger partial charge in [0.25, 0.3) is 0 Å². The van der Waals surface area contributed by atoms with Crippen LogP contribution in [-0.2, 0) is 4.74 Å². The summed E-state index contributed by atoms with van der Waals surface area (Å²) in [5, 5.41) is 0. The fraction of sp³-hybridized carbons (Fsp3) is 0.107. The van der Waals surface area contributed by atoms with E-state index in [-0.39, 0.29) is 0 Å². The van der Waals surface area contributed by atoms with E-state index in [1.807, 2.05) is 11.6 Å². The third kappa shape index (κ3) is 4.46. The number of hydrogen-bond donors (Lipinski definition) is 0. The minimum atomic E-state index is -1.22. The van der Waals surface area contributed by atoms with Crippen molar-refractivity contribution < 1.29 is 9.31 Å². The van der Waals surface area contributed by atoms with Gasteiger partial charge in [-0.2, -0.15) is 21.9 Å². The SMILES string of the molecule is C[N+]1=COCC1.c1ccc([B-](c2ccccc2)(c2ccccc2)c2ccccc2)cc1. The summed E-state index contributed by atoms with van der Waals surface area (Å²) in [6, 6.07) is 43.5. The smallest absolute Gasteiger partial charge is 0.323 e. The highest BCUT2D eigenvalue weighted by atomic mass is 16.5. The lowest BCUT2D eigenvalue weighted by Crippen LogP contribution is -2.74. The maximum atomic E-state index is 4.86. The molecule has 31 heavy (non-hydrogen) atoms. The molecule has 0 aliphatic carbocycles. The second kappa shape index (κ2) is 9.95. The monoisotopic (exact) mass is 405 g/mol. The lowest BCUT2D eigenvalue weighted by molar-refractivity contribution is -0.482. The molecular formula is C28H28BNO. The van der Waals surface area contributed by atoms with E-state index in [1.54, 1.807) is 6.40 Å². The van der Waals surface area contributed by atoms with E-state index < -0.39 is 6.15 Å². The van der Waals surface area contributed by atoms with Crippen LogP contribution in [0.25, 0.3) is 0 Å². The molecule has 5 rings (SSSR count). The summed E-state index contributed by atoms with van der Waals surface area (Å²) >= 11 is 0. The van der Waals surface area contributed by atoms with Crippen molar-refractivity contribution in [2.75, 3.05) is 20.2 Å². The molecule has 1 heterocycles. The first-order valence-corrected chi connectivity index (χ1v) is 10.8. The molecule has 0 saturated heterocycles. The summed E-state index contributed by atoms with van der Waals surface area (Å²) in [6.45, 7) is 1.90. The predicted octanol–water partition coefficient (Wildman–Crippen LogP) is 2.75. The van der Waals surface area contributed by atoms with Crippen molar-refractivity contribution in [3.8, 4) is 0 Å². The highest BCUT2D eigenvalue weighted by Crippen LogP contribution is 2.09. The molecule has 4 aromatic rings. The van der Waals surface area contributed by atoms with Gasteiger partial charge >= 0.3 is 6.40 Å². The highest BCUT2D eigenvalue weighted by Gasteiger charge is 2.30. The van der Waals surface area contributed by atoms with E-state index in [0.717, 1.165) is 13.2 Å². The molecule has 0 N–H and O–H groups in total. The Kier molecular flexibility index (Phi) is 6.64. The molecule has 3 heteroatoms.